The van der Waals surface area contributed by atoms with Crippen LogP contribution in [0.15, 0.2) is 42.0 Å². The zero-order valence-electron chi connectivity index (χ0n) is 11.9. The van der Waals surface area contributed by atoms with E-state index in [0.29, 0.717) is 11.1 Å². The van der Waals surface area contributed by atoms with Gasteiger partial charge < -0.3 is 10.2 Å². The molecule has 0 atom stereocenters. The summed E-state index contributed by atoms with van der Waals surface area (Å²) in [4.78, 5) is 3.64. The van der Waals surface area contributed by atoms with Gasteiger partial charge in [0.2, 0.25) is 0 Å². The van der Waals surface area contributed by atoms with E-state index in [1.54, 1.807) is 23.4 Å². The lowest BCUT2D eigenvalue weighted by Crippen LogP contribution is -2.36. The van der Waals surface area contributed by atoms with Crippen LogP contribution in [0.5, 0.6) is 5.88 Å². The Kier molecular flexibility index (Phi) is 3.72. The third-order valence-corrected chi connectivity index (χ3v) is 3.19. The van der Waals surface area contributed by atoms with E-state index in [-0.39, 0.29) is 0 Å². The minimum Gasteiger partial charge on any atom is -0.466 e. The summed E-state index contributed by atoms with van der Waals surface area (Å²) in [5, 5.41) is 1.79. The number of fused-ring (bicyclic) bond motifs is 1. The molecule has 3 heterocycles. The van der Waals surface area contributed by atoms with E-state index in [0.717, 1.165) is 17.5 Å². The molecule has 2 N–H and O–H groups in total. The van der Waals surface area contributed by atoms with E-state index >= 15 is 0 Å². The van der Waals surface area contributed by atoms with Crippen molar-refractivity contribution in [3.8, 4) is 5.88 Å². The summed E-state index contributed by atoms with van der Waals surface area (Å²) in [7, 11) is 0. The SMILES string of the molecule is CC1=CC(c2cnc(OCC(F)(F)F)c(F)c2)=CC2=CNNN12. The van der Waals surface area contributed by atoms with Crippen LogP contribution >= 0.6 is 0 Å². The van der Waals surface area contributed by atoms with Crippen LogP contribution in [0.4, 0.5) is 17.6 Å². The number of pyridine rings is 1. The van der Waals surface area contributed by atoms with Crippen molar-refractivity contribution in [3.63, 3.8) is 0 Å². The molecule has 0 unspecified atom stereocenters. The van der Waals surface area contributed by atoms with Gasteiger partial charge in [-0.3, -0.25) is 5.01 Å². The Morgan fingerprint density at radius 2 is 2.09 bits per heavy atom. The zero-order valence-corrected chi connectivity index (χ0v) is 11.9. The fourth-order valence-electron chi connectivity index (χ4n) is 2.19. The second-order valence-electron chi connectivity index (χ2n) is 4.96. The largest absolute Gasteiger partial charge is 0.466 e. The van der Waals surface area contributed by atoms with Crippen LogP contribution < -0.4 is 15.7 Å². The number of halogens is 4. The lowest BCUT2D eigenvalue weighted by Gasteiger charge is -2.24. The van der Waals surface area contributed by atoms with Gasteiger partial charge in [0.15, 0.2) is 12.4 Å². The van der Waals surface area contributed by atoms with E-state index in [2.05, 4.69) is 20.7 Å². The van der Waals surface area contributed by atoms with Crippen molar-refractivity contribution in [1.29, 1.82) is 0 Å². The first-order chi connectivity index (χ1) is 10.8. The van der Waals surface area contributed by atoms with Crippen molar-refractivity contribution >= 4 is 5.57 Å². The first-order valence-electron chi connectivity index (χ1n) is 6.60. The molecule has 9 heteroatoms. The van der Waals surface area contributed by atoms with Gasteiger partial charge in [0.1, 0.15) is 0 Å². The molecule has 5 nitrogen and oxygen atoms in total. The van der Waals surface area contributed by atoms with Crippen molar-refractivity contribution in [2.45, 2.75) is 13.1 Å². The number of hydrazine groups is 2. The summed E-state index contributed by atoms with van der Waals surface area (Å²) in [5.41, 5.74) is 8.52. The summed E-state index contributed by atoms with van der Waals surface area (Å²) >= 11 is 0. The van der Waals surface area contributed by atoms with Gasteiger partial charge in [0.25, 0.3) is 5.88 Å². The maximum atomic E-state index is 13.9. The molecular weight excluding hydrogens is 316 g/mol. The van der Waals surface area contributed by atoms with Gasteiger partial charge >= 0.3 is 6.18 Å². The lowest BCUT2D eigenvalue weighted by molar-refractivity contribution is -0.154. The number of nitrogens with zero attached hydrogens (tertiary/aromatic N) is 2. The summed E-state index contributed by atoms with van der Waals surface area (Å²) < 4.78 is 54.5. The average molecular weight is 328 g/mol. The number of alkyl halides is 3. The Hall–Kier alpha value is -2.55. The van der Waals surface area contributed by atoms with Crippen LogP contribution in [0.1, 0.15) is 12.5 Å². The van der Waals surface area contributed by atoms with Crippen molar-refractivity contribution in [2.75, 3.05) is 6.61 Å². The Morgan fingerprint density at radius 3 is 2.78 bits per heavy atom. The van der Waals surface area contributed by atoms with Crippen LogP contribution in [-0.2, 0) is 0 Å². The molecule has 0 spiro atoms. The molecule has 122 valence electrons. The Balaban J connectivity index is 1.83. The van der Waals surface area contributed by atoms with Crippen molar-refractivity contribution in [3.05, 3.63) is 53.4 Å². The third kappa shape index (κ3) is 3.29. The van der Waals surface area contributed by atoms with Gasteiger partial charge in [-0.2, -0.15) is 13.2 Å². The van der Waals surface area contributed by atoms with E-state index < -0.39 is 24.5 Å². The lowest BCUT2D eigenvalue weighted by atomic mass is 10.0. The summed E-state index contributed by atoms with van der Waals surface area (Å²) in [6, 6.07) is 1.10. The minimum absolute atomic E-state index is 0.439. The predicted octanol–water partition coefficient (Wildman–Crippen LogP) is 2.63. The standard InChI is InChI=1S/C14H12F4N4O/c1-8-2-9(3-11-6-20-21-22(8)11)10-4-12(15)13(19-5-10)23-7-14(16,17)18/h2-6,20-21H,7H2,1H3. The predicted molar refractivity (Wildman–Crippen MR) is 73.7 cm³/mol. The normalized spacial score (nSPS) is 17.1. The number of allylic oxidation sites excluding steroid dienone is 4. The van der Waals surface area contributed by atoms with Gasteiger partial charge in [-0.1, -0.05) is 0 Å². The first-order valence-corrected chi connectivity index (χ1v) is 6.60. The van der Waals surface area contributed by atoms with Crippen LogP contribution in [0.2, 0.25) is 0 Å². The molecule has 2 aliphatic rings. The minimum atomic E-state index is -4.54. The molecule has 1 aromatic heterocycles. The summed E-state index contributed by atoms with van der Waals surface area (Å²) in [6.07, 6.45) is 2.03. The molecular formula is C14H12F4N4O. The van der Waals surface area contributed by atoms with E-state index in [4.69, 9.17) is 0 Å². The van der Waals surface area contributed by atoms with E-state index in [9.17, 15) is 17.6 Å². The Bertz CT molecular complexity index is 724. The molecule has 0 amide bonds. The van der Waals surface area contributed by atoms with Gasteiger partial charge in [-0.15, -0.1) is 5.53 Å². The highest BCUT2D eigenvalue weighted by Gasteiger charge is 2.29. The average Bonchev–Trinajstić information content (AvgIpc) is 2.94. The van der Waals surface area contributed by atoms with Gasteiger partial charge in [0.05, 0.1) is 5.70 Å². The van der Waals surface area contributed by atoms with Crippen LogP contribution in [0, 0.1) is 5.82 Å². The number of rotatable bonds is 3. The molecule has 0 aliphatic carbocycles. The highest BCUT2D eigenvalue weighted by atomic mass is 19.4. The first kappa shape index (κ1) is 15.3. The fourth-order valence-corrected chi connectivity index (χ4v) is 2.19. The molecule has 1 aromatic rings. The number of hydrogen-bond donors (Lipinski definition) is 2. The second kappa shape index (κ2) is 5.58. The van der Waals surface area contributed by atoms with Crippen molar-refractivity contribution < 1.29 is 22.3 Å². The van der Waals surface area contributed by atoms with Gasteiger partial charge in [-0.05, 0) is 30.7 Å². The maximum Gasteiger partial charge on any atom is 0.422 e. The Labute approximate surface area is 128 Å². The van der Waals surface area contributed by atoms with Gasteiger partial charge in [0, 0.05) is 23.7 Å². The molecule has 0 bridgehead atoms. The number of ether oxygens (including phenoxy) is 1. The van der Waals surface area contributed by atoms with Crippen LogP contribution in [-0.4, -0.2) is 22.8 Å². The smallest absolute Gasteiger partial charge is 0.422 e. The highest BCUT2D eigenvalue weighted by molar-refractivity contribution is 5.78. The monoisotopic (exact) mass is 328 g/mol. The molecule has 0 saturated carbocycles. The molecule has 0 fully saturated rings. The van der Waals surface area contributed by atoms with E-state index in [1.807, 2.05) is 6.92 Å². The Morgan fingerprint density at radius 1 is 1.30 bits per heavy atom. The highest BCUT2D eigenvalue weighted by Crippen LogP contribution is 2.30. The zero-order chi connectivity index (χ0) is 16.6. The summed E-state index contributed by atoms with van der Waals surface area (Å²) in [5.74, 6) is -1.62. The second-order valence-corrected chi connectivity index (χ2v) is 4.96. The molecule has 0 aromatic carbocycles. The molecule has 0 radical (unpaired) electrons. The van der Waals surface area contributed by atoms with E-state index in [1.165, 1.54) is 6.20 Å². The quantitative estimate of drug-likeness (QED) is 0.836. The molecule has 23 heavy (non-hydrogen) atoms. The third-order valence-electron chi connectivity index (χ3n) is 3.19. The van der Waals surface area contributed by atoms with Crippen LogP contribution in [0.3, 0.4) is 0 Å². The number of hydrogen-bond acceptors (Lipinski definition) is 5. The number of aromatic nitrogens is 1. The molecule has 3 rings (SSSR count). The fraction of sp³-hybridized carbons (Fsp3) is 0.214. The van der Waals surface area contributed by atoms with Crippen molar-refractivity contribution in [2.24, 2.45) is 0 Å². The van der Waals surface area contributed by atoms with Gasteiger partial charge in [-0.25, -0.2) is 9.37 Å². The molecule has 2 aliphatic heterocycles. The van der Waals surface area contributed by atoms with Crippen molar-refractivity contribution in [1.82, 2.24) is 21.0 Å². The number of nitrogens with one attached hydrogen (secondary N) is 2. The topological polar surface area (TPSA) is 49.4 Å². The van der Waals surface area contributed by atoms with Crippen LogP contribution in [0.25, 0.3) is 5.57 Å². The maximum absolute atomic E-state index is 13.9. The molecule has 0 saturated heterocycles. The summed E-state index contributed by atoms with van der Waals surface area (Å²) in [6.45, 7) is 0.266.